The number of hydrogen-bond donors (Lipinski definition) is 2. The molecule has 0 aromatic rings. The Kier molecular flexibility index (Phi) is 6.61. The van der Waals surface area contributed by atoms with Crippen LogP contribution in [0.4, 0.5) is 0 Å². The Hall–Kier alpha value is -0.210. The molecule has 0 heterocycles. The minimum absolute atomic E-state index is 0.808. The Morgan fingerprint density at radius 3 is 1.62 bits per heavy atom. The van der Waals surface area contributed by atoms with Crippen molar-refractivity contribution in [1.29, 1.82) is 0 Å². The summed E-state index contributed by atoms with van der Waals surface area (Å²) in [5, 5.41) is 0. The highest BCUT2D eigenvalue weighted by Gasteiger charge is 1.79. The normalized spacial score (nSPS) is 9.50. The molecule has 0 aromatic carbocycles. The van der Waals surface area contributed by atoms with Crippen molar-refractivity contribution in [2.24, 2.45) is 11.7 Å². The van der Waals surface area contributed by atoms with E-state index in [4.69, 9.17) is 0 Å². The Balaban J connectivity index is 0. The van der Waals surface area contributed by atoms with Crippen LogP contribution in [-0.2, 0) is 14.6 Å². The summed E-state index contributed by atoms with van der Waals surface area (Å²) in [4.78, 5) is 0. The fourth-order valence-corrected chi connectivity index (χ4v) is 0. The zero-order valence-electron chi connectivity index (χ0n) is 4.20. The molecule has 4 N–H and O–H groups in total. The molecule has 0 spiro atoms. The van der Waals surface area contributed by atoms with E-state index in [0.717, 1.165) is 7.11 Å². The van der Waals surface area contributed by atoms with E-state index in [9.17, 15) is 13.0 Å². The topological polar surface area (TPSA) is 118 Å². The van der Waals surface area contributed by atoms with Gasteiger partial charge in [0.1, 0.15) is 0 Å². The van der Waals surface area contributed by atoms with Gasteiger partial charge >= 0.3 is 0 Å². The molecule has 0 unspecified atom stereocenters. The van der Waals surface area contributed by atoms with Crippen molar-refractivity contribution in [1.82, 2.24) is 0 Å². The van der Waals surface area contributed by atoms with Gasteiger partial charge in [-0.3, -0.25) is 15.9 Å². The first-order chi connectivity index (χ1) is 3.56. The lowest BCUT2D eigenvalue weighted by molar-refractivity contribution is 0.314. The maximum atomic E-state index is 9.22. The molecular formula is CH7N2O4S-. The van der Waals surface area contributed by atoms with E-state index in [1.807, 2.05) is 0 Å². The Morgan fingerprint density at radius 1 is 1.50 bits per heavy atom. The van der Waals surface area contributed by atoms with E-state index in [2.05, 4.69) is 15.9 Å². The number of rotatable bonds is 1. The van der Waals surface area contributed by atoms with Crippen molar-refractivity contribution in [3.63, 3.8) is 0 Å². The van der Waals surface area contributed by atoms with Gasteiger partial charge in [-0.1, -0.05) is 0 Å². The summed E-state index contributed by atoms with van der Waals surface area (Å²) >= 11 is 0. The van der Waals surface area contributed by atoms with Crippen molar-refractivity contribution in [3.05, 3.63) is 0 Å². The van der Waals surface area contributed by atoms with Crippen LogP contribution in [0.1, 0.15) is 0 Å². The predicted molar refractivity (Wildman–Crippen MR) is 25.1 cm³/mol. The van der Waals surface area contributed by atoms with E-state index in [-0.39, 0.29) is 0 Å². The Morgan fingerprint density at radius 2 is 1.62 bits per heavy atom. The molecule has 52 valence electrons. The minimum atomic E-state index is -4.41. The van der Waals surface area contributed by atoms with E-state index in [1.165, 1.54) is 0 Å². The van der Waals surface area contributed by atoms with Gasteiger partial charge in [0.05, 0.1) is 7.11 Å². The molecule has 8 heavy (non-hydrogen) atoms. The standard InChI is InChI=1S/CH4O4S.H4N2/c1-5-6(2,3)4;1-2/h1H3,(H,2,3,4);1-2H2/p-1. The molecule has 0 saturated carbocycles. The second-order valence-corrected chi connectivity index (χ2v) is 1.72. The molecule has 0 amide bonds. The van der Waals surface area contributed by atoms with Crippen LogP contribution in [0, 0.1) is 0 Å². The lowest BCUT2D eigenvalue weighted by Crippen LogP contribution is -2.02. The molecule has 7 heteroatoms. The first-order valence-corrected chi connectivity index (χ1v) is 2.74. The molecule has 6 nitrogen and oxygen atoms in total. The Bertz CT molecular complexity index is 116. The summed E-state index contributed by atoms with van der Waals surface area (Å²) in [7, 11) is -3.60. The minimum Gasteiger partial charge on any atom is -0.726 e. The molecule has 0 aliphatic heterocycles. The van der Waals surface area contributed by atoms with Crippen LogP contribution in [0.25, 0.3) is 0 Å². The number of nitrogens with two attached hydrogens (primary N) is 2. The van der Waals surface area contributed by atoms with Crippen molar-refractivity contribution >= 4 is 10.4 Å². The molecule has 0 fully saturated rings. The largest absolute Gasteiger partial charge is 0.726 e. The SMILES string of the molecule is COS(=O)(=O)[O-].NN. The van der Waals surface area contributed by atoms with Crippen molar-refractivity contribution < 1.29 is 17.2 Å². The zero-order chi connectivity index (χ0) is 7.21. The van der Waals surface area contributed by atoms with Crippen LogP contribution in [0.3, 0.4) is 0 Å². The van der Waals surface area contributed by atoms with Crippen LogP contribution in [0.5, 0.6) is 0 Å². The summed E-state index contributed by atoms with van der Waals surface area (Å²) in [6.07, 6.45) is 0. The molecular weight excluding hydrogens is 136 g/mol. The van der Waals surface area contributed by atoms with Gasteiger partial charge in [-0.2, -0.15) is 0 Å². The van der Waals surface area contributed by atoms with Crippen LogP contribution in [0.2, 0.25) is 0 Å². The molecule has 0 aliphatic rings. The third kappa shape index (κ3) is 17.1. The monoisotopic (exact) mass is 143 g/mol. The highest BCUT2D eigenvalue weighted by atomic mass is 32.3. The average Bonchev–Trinajstić information content (AvgIpc) is 1.71. The smallest absolute Gasteiger partial charge is 0.217 e. The summed E-state index contributed by atoms with van der Waals surface area (Å²) in [5.74, 6) is 8.00. The fourth-order valence-electron chi connectivity index (χ4n) is 0. The maximum absolute atomic E-state index is 9.22. The third-order valence-corrected chi connectivity index (χ3v) is 0.612. The van der Waals surface area contributed by atoms with Gasteiger partial charge in [0.2, 0.25) is 10.4 Å². The van der Waals surface area contributed by atoms with Gasteiger partial charge < -0.3 is 4.55 Å². The summed E-state index contributed by atoms with van der Waals surface area (Å²) in [5.41, 5.74) is 0. The van der Waals surface area contributed by atoms with Crippen LogP contribution >= 0.6 is 0 Å². The van der Waals surface area contributed by atoms with Gasteiger partial charge in [-0.25, -0.2) is 8.42 Å². The van der Waals surface area contributed by atoms with Crippen molar-refractivity contribution in [2.75, 3.05) is 7.11 Å². The summed E-state index contributed by atoms with van der Waals surface area (Å²) < 4.78 is 31.0. The highest BCUT2D eigenvalue weighted by Crippen LogP contribution is 1.74. The number of hydrazine groups is 1. The lowest BCUT2D eigenvalue weighted by atomic mass is 11.8. The van der Waals surface area contributed by atoms with E-state index >= 15 is 0 Å². The molecule has 0 aliphatic carbocycles. The number of hydrogen-bond acceptors (Lipinski definition) is 6. The first kappa shape index (κ1) is 10.7. The summed E-state index contributed by atoms with van der Waals surface area (Å²) in [6.45, 7) is 0. The molecule has 0 saturated heterocycles. The second-order valence-electron chi connectivity index (χ2n) is 0.575. The lowest BCUT2D eigenvalue weighted by Gasteiger charge is -1.98. The predicted octanol–water partition coefficient (Wildman–Crippen LogP) is -2.09. The molecule has 0 bridgehead atoms. The van der Waals surface area contributed by atoms with Crippen molar-refractivity contribution in [3.8, 4) is 0 Å². The third-order valence-electron chi connectivity index (χ3n) is 0.204. The van der Waals surface area contributed by atoms with E-state index in [0.29, 0.717) is 0 Å². The van der Waals surface area contributed by atoms with Gasteiger partial charge in [-0.05, 0) is 0 Å². The van der Waals surface area contributed by atoms with Gasteiger partial charge in [0.15, 0.2) is 0 Å². The quantitative estimate of drug-likeness (QED) is 0.188. The van der Waals surface area contributed by atoms with E-state index < -0.39 is 10.4 Å². The molecule has 0 rings (SSSR count). The van der Waals surface area contributed by atoms with E-state index in [1.54, 1.807) is 0 Å². The molecule has 0 radical (unpaired) electrons. The fraction of sp³-hybridized carbons (Fsp3) is 1.00. The Labute approximate surface area is 47.3 Å². The van der Waals surface area contributed by atoms with Gasteiger partial charge in [0.25, 0.3) is 0 Å². The first-order valence-electron chi connectivity index (χ1n) is 1.41. The molecule has 0 atom stereocenters. The van der Waals surface area contributed by atoms with Gasteiger partial charge in [0, 0.05) is 0 Å². The molecule has 0 aromatic heterocycles. The van der Waals surface area contributed by atoms with Crippen LogP contribution in [0.15, 0.2) is 0 Å². The zero-order valence-corrected chi connectivity index (χ0v) is 5.01. The average molecular weight is 143 g/mol. The van der Waals surface area contributed by atoms with Crippen molar-refractivity contribution in [2.45, 2.75) is 0 Å². The van der Waals surface area contributed by atoms with Crippen LogP contribution < -0.4 is 11.7 Å². The second kappa shape index (κ2) is 4.94. The summed E-state index contributed by atoms with van der Waals surface area (Å²) in [6, 6.07) is 0. The van der Waals surface area contributed by atoms with Crippen LogP contribution in [-0.4, -0.2) is 20.1 Å². The maximum Gasteiger partial charge on any atom is 0.217 e. The highest BCUT2D eigenvalue weighted by molar-refractivity contribution is 7.80. The van der Waals surface area contributed by atoms with Gasteiger partial charge in [-0.15, -0.1) is 0 Å².